The summed E-state index contributed by atoms with van der Waals surface area (Å²) in [6.07, 6.45) is 1.02. The van der Waals surface area contributed by atoms with Gasteiger partial charge >= 0.3 is 0 Å². The summed E-state index contributed by atoms with van der Waals surface area (Å²) in [5.41, 5.74) is -0.519. The minimum Gasteiger partial charge on any atom is -0.339 e. The highest BCUT2D eigenvalue weighted by Gasteiger charge is 2.39. The van der Waals surface area contributed by atoms with Crippen molar-refractivity contribution >= 4 is 21.8 Å². The lowest BCUT2D eigenvalue weighted by molar-refractivity contribution is -0.147. The van der Waals surface area contributed by atoms with Crippen LogP contribution in [0.5, 0.6) is 0 Å². The van der Waals surface area contributed by atoms with E-state index in [-0.39, 0.29) is 11.8 Å². The zero-order chi connectivity index (χ0) is 15.7. The fourth-order valence-corrected chi connectivity index (χ4v) is 3.18. The molecule has 1 aliphatic rings. The Hall–Kier alpha value is -1.15. The summed E-state index contributed by atoms with van der Waals surface area (Å²) in [5.74, 6) is -0.295. The predicted molar refractivity (Wildman–Crippen MR) is 75.5 cm³/mol. The van der Waals surface area contributed by atoms with E-state index >= 15 is 0 Å². The highest BCUT2D eigenvalue weighted by molar-refractivity contribution is 7.88. The topological polar surface area (TPSA) is 86.8 Å². The first-order valence-corrected chi connectivity index (χ1v) is 8.37. The molecule has 20 heavy (non-hydrogen) atoms. The van der Waals surface area contributed by atoms with Gasteiger partial charge in [-0.25, -0.2) is 13.1 Å². The first-order chi connectivity index (χ1) is 8.94. The van der Waals surface area contributed by atoms with Crippen molar-refractivity contribution in [3.8, 4) is 0 Å². The first kappa shape index (κ1) is 16.9. The molecule has 0 saturated carbocycles. The number of nitrogens with zero attached hydrogens (tertiary/aromatic N) is 2. The van der Waals surface area contributed by atoms with Crippen LogP contribution >= 0.6 is 0 Å². The summed E-state index contributed by atoms with van der Waals surface area (Å²) in [5, 5.41) is 0. The smallest absolute Gasteiger partial charge is 0.241 e. The average Bonchev–Trinajstić information content (AvgIpc) is 2.24. The molecule has 0 aliphatic carbocycles. The lowest BCUT2D eigenvalue weighted by Gasteiger charge is -2.47. The zero-order valence-electron chi connectivity index (χ0n) is 12.6. The van der Waals surface area contributed by atoms with Crippen LogP contribution in [0.15, 0.2) is 0 Å². The lowest BCUT2D eigenvalue weighted by Crippen LogP contribution is -2.64. The Bertz CT molecular complexity index is 501. The van der Waals surface area contributed by atoms with E-state index < -0.39 is 21.6 Å². The summed E-state index contributed by atoms with van der Waals surface area (Å²) in [6, 6.07) is -0.812. The maximum Gasteiger partial charge on any atom is 0.241 e. The van der Waals surface area contributed by atoms with Gasteiger partial charge in [0.05, 0.1) is 17.8 Å². The Labute approximate surface area is 120 Å². The van der Waals surface area contributed by atoms with Crippen LogP contribution < -0.4 is 4.72 Å². The van der Waals surface area contributed by atoms with Gasteiger partial charge in [-0.1, -0.05) is 0 Å². The minimum atomic E-state index is -3.43. The number of piperazine rings is 1. The maximum atomic E-state index is 12.4. The summed E-state index contributed by atoms with van der Waals surface area (Å²) < 4.78 is 24.7. The SMILES string of the molecule is CC(=O)N1CCN(C(=O)C(C)NS(C)(=O)=O)C(C)(C)C1. The third kappa shape index (κ3) is 4.17. The second kappa shape index (κ2) is 5.69. The van der Waals surface area contributed by atoms with Gasteiger partial charge < -0.3 is 9.80 Å². The van der Waals surface area contributed by atoms with E-state index in [0.717, 1.165) is 6.26 Å². The lowest BCUT2D eigenvalue weighted by atomic mass is 9.97. The number of carbonyl (C=O) groups is 2. The van der Waals surface area contributed by atoms with Crippen LogP contribution in [0.2, 0.25) is 0 Å². The van der Waals surface area contributed by atoms with Crippen molar-refractivity contribution in [2.45, 2.75) is 39.3 Å². The molecule has 0 bridgehead atoms. The van der Waals surface area contributed by atoms with Crippen molar-refractivity contribution in [1.82, 2.24) is 14.5 Å². The molecule has 116 valence electrons. The van der Waals surface area contributed by atoms with Crippen LogP contribution in [0.3, 0.4) is 0 Å². The average molecular weight is 305 g/mol. The molecule has 1 aliphatic heterocycles. The van der Waals surface area contributed by atoms with E-state index in [4.69, 9.17) is 0 Å². The maximum absolute atomic E-state index is 12.4. The van der Waals surface area contributed by atoms with Gasteiger partial charge in [0.1, 0.15) is 0 Å². The van der Waals surface area contributed by atoms with E-state index in [1.54, 1.807) is 9.80 Å². The number of nitrogens with one attached hydrogen (secondary N) is 1. The summed E-state index contributed by atoms with van der Waals surface area (Å²) >= 11 is 0. The van der Waals surface area contributed by atoms with Gasteiger partial charge in [-0.15, -0.1) is 0 Å². The molecule has 7 nitrogen and oxygen atoms in total. The zero-order valence-corrected chi connectivity index (χ0v) is 13.5. The minimum absolute atomic E-state index is 0.0208. The molecule has 1 unspecified atom stereocenters. The van der Waals surface area contributed by atoms with Crippen LogP contribution in [-0.2, 0) is 19.6 Å². The predicted octanol–water partition coefficient (Wildman–Crippen LogP) is -0.607. The third-order valence-corrected chi connectivity index (χ3v) is 4.16. The van der Waals surface area contributed by atoms with Crippen LogP contribution in [-0.4, -0.2) is 67.5 Å². The van der Waals surface area contributed by atoms with Crippen LogP contribution in [0, 0.1) is 0 Å². The Morgan fingerprint density at radius 1 is 1.25 bits per heavy atom. The molecule has 0 aromatic rings. The Morgan fingerprint density at radius 3 is 2.20 bits per heavy atom. The van der Waals surface area contributed by atoms with Gasteiger partial charge in [0.2, 0.25) is 21.8 Å². The van der Waals surface area contributed by atoms with E-state index in [2.05, 4.69) is 4.72 Å². The van der Waals surface area contributed by atoms with Crippen molar-refractivity contribution < 1.29 is 18.0 Å². The number of rotatable bonds is 3. The largest absolute Gasteiger partial charge is 0.339 e. The summed E-state index contributed by atoms with van der Waals surface area (Å²) in [4.78, 5) is 27.1. The van der Waals surface area contributed by atoms with Gasteiger partial charge in [-0.2, -0.15) is 0 Å². The van der Waals surface area contributed by atoms with Crippen molar-refractivity contribution in [2.75, 3.05) is 25.9 Å². The van der Waals surface area contributed by atoms with Gasteiger partial charge in [0.15, 0.2) is 0 Å². The van der Waals surface area contributed by atoms with Gasteiger partial charge in [0.25, 0.3) is 0 Å². The van der Waals surface area contributed by atoms with Crippen LogP contribution in [0.1, 0.15) is 27.7 Å². The van der Waals surface area contributed by atoms with E-state index in [1.807, 2.05) is 13.8 Å². The van der Waals surface area contributed by atoms with E-state index in [0.29, 0.717) is 19.6 Å². The monoisotopic (exact) mass is 305 g/mol. The molecular formula is C12H23N3O4S. The van der Waals surface area contributed by atoms with Crippen molar-refractivity contribution in [3.63, 3.8) is 0 Å². The molecule has 0 spiro atoms. The van der Waals surface area contributed by atoms with Crippen molar-refractivity contribution in [1.29, 1.82) is 0 Å². The van der Waals surface area contributed by atoms with E-state index in [1.165, 1.54) is 13.8 Å². The molecule has 1 fully saturated rings. The van der Waals surface area contributed by atoms with Crippen molar-refractivity contribution in [3.05, 3.63) is 0 Å². The molecule has 1 atom stereocenters. The fraction of sp³-hybridized carbons (Fsp3) is 0.833. The molecule has 0 radical (unpaired) electrons. The molecule has 0 aromatic carbocycles. The van der Waals surface area contributed by atoms with Gasteiger partial charge in [0, 0.05) is 26.6 Å². The molecule has 1 N–H and O–H groups in total. The molecule has 0 aromatic heterocycles. The molecule has 1 saturated heterocycles. The number of amides is 2. The van der Waals surface area contributed by atoms with Crippen LogP contribution in [0.4, 0.5) is 0 Å². The number of carbonyl (C=O) groups excluding carboxylic acids is 2. The number of sulfonamides is 1. The molecule has 8 heteroatoms. The summed E-state index contributed by atoms with van der Waals surface area (Å²) in [6.45, 7) is 8.08. The second-order valence-electron chi connectivity index (χ2n) is 5.85. The molecule has 1 heterocycles. The van der Waals surface area contributed by atoms with Crippen LogP contribution in [0.25, 0.3) is 0 Å². The Morgan fingerprint density at radius 2 is 1.80 bits per heavy atom. The highest BCUT2D eigenvalue weighted by atomic mass is 32.2. The third-order valence-electron chi connectivity index (χ3n) is 3.37. The number of hydrogen-bond acceptors (Lipinski definition) is 4. The Balaban J connectivity index is 2.81. The second-order valence-corrected chi connectivity index (χ2v) is 7.63. The quantitative estimate of drug-likeness (QED) is 0.754. The standard InChI is InChI=1S/C12H23N3O4S/c1-9(13-20(5,18)19)11(17)15-7-6-14(10(2)16)8-12(15,3)4/h9,13H,6-8H2,1-5H3. The molecular weight excluding hydrogens is 282 g/mol. The summed E-state index contributed by atoms with van der Waals surface area (Å²) in [7, 11) is -3.43. The van der Waals surface area contributed by atoms with E-state index in [9.17, 15) is 18.0 Å². The van der Waals surface area contributed by atoms with Crippen molar-refractivity contribution in [2.24, 2.45) is 0 Å². The van der Waals surface area contributed by atoms with Gasteiger partial charge in [-0.05, 0) is 20.8 Å². The fourth-order valence-electron chi connectivity index (χ4n) is 2.44. The Kier molecular flexibility index (Phi) is 4.81. The molecule has 1 rings (SSSR count). The highest BCUT2D eigenvalue weighted by Crippen LogP contribution is 2.22. The normalized spacial score (nSPS) is 20.6. The van der Waals surface area contributed by atoms with Gasteiger partial charge in [-0.3, -0.25) is 9.59 Å². The molecule has 2 amide bonds. The number of hydrogen-bond donors (Lipinski definition) is 1. The first-order valence-electron chi connectivity index (χ1n) is 6.48.